The van der Waals surface area contributed by atoms with Crippen molar-refractivity contribution in [1.29, 1.82) is 0 Å². The van der Waals surface area contributed by atoms with Crippen LogP contribution in [0.5, 0.6) is 0 Å². The van der Waals surface area contributed by atoms with Gasteiger partial charge in [0.05, 0.1) is 5.69 Å². The highest BCUT2D eigenvalue weighted by Crippen LogP contribution is 2.16. The van der Waals surface area contributed by atoms with Crippen molar-refractivity contribution < 1.29 is 4.79 Å². The van der Waals surface area contributed by atoms with Crippen molar-refractivity contribution in [3.63, 3.8) is 0 Å². The molecule has 0 saturated carbocycles. The van der Waals surface area contributed by atoms with Gasteiger partial charge < -0.3 is 0 Å². The van der Waals surface area contributed by atoms with E-state index in [2.05, 4.69) is 21.0 Å². The highest BCUT2D eigenvalue weighted by molar-refractivity contribution is 9.10. The fraction of sp³-hybridized carbons (Fsp3) is 0.0909. The van der Waals surface area contributed by atoms with Gasteiger partial charge in [-0.3, -0.25) is 4.79 Å². The third-order valence-corrected chi connectivity index (χ3v) is 2.61. The maximum absolute atomic E-state index is 10.7. The number of aldehydes is 1. The van der Waals surface area contributed by atoms with Crippen LogP contribution >= 0.6 is 15.9 Å². The summed E-state index contributed by atoms with van der Waals surface area (Å²) in [5.41, 5.74) is 2.29. The first kappa shape index (κ1) is 10.1. The molecule has 1 heterocycles. The maximum Gasteiger partial charge on any atom is 0.170 e. The summed E-state index contributed by atoms with van der Waals surface area (Å²) in [4.78, 5) is 10.7. The van der Waals surface area contributed by atoms with Crippen LogP contribution in [0.2, 0.25) is 0 Å². The van der Waals surface area contributed by atoms with Gasteiger partial charge in [-0.25, -0.2) is 4.68 Å². The molecule has 1 aromatic heterocycles. The molecule has 2 aromatic rings. The lowest BCUT2D eigenvalue weighted by atomic mass is 10.3. The fourth-order valence-electron chi connectivity index (χ4n) is 1.34. The Kier molecular flexibility index (Phi) is 2.68. The minimum absolute atomic E-state index is 0.481. The Morgan fingerprint density at radius 2 is 2.27 bits per heavy atom. The Morgan fingerprint density at radius 1 is 1.47 bits per heavy atom. The Balaban J connectivity index is 2.49. The molecule has 0 aliphatic rings. The number of hydrogen-bond acceptors (Lipinski definition) is 2. The van der Waals surface area contributed by atoms with E-state index in [-0.39, 0.29) is 0 Å². The average Bonchev–Trinajstić information content (AvgIpc) is 2.60. The number of rotatable bonds is 2. The zero-order valence-electron chi connectivity index (χ0n) is 8.14. The Labute approximate surface area is 95.9 Å². The van der Waals surface area contributed by atoms with Gasteiger partial charge in [0.15, 0.2) is 6.29 Å². The molecule has 0 radical (unpaired) electrons. The van der Waals surface area contributed by atoms with E-state index in [9.17, 15) is 4.79 Å². The second-order valence-electron chi connectivity index (χ2n) is 3.24. The smallest absolute Gasteiger partial charge is 0.170 e. The third-order valence-electron chi connectivity index (χ3n) is 2.12. The molecule has 76 valence electrons. The van der Waals surface area contributed by atoms with Crippen LogP contribution in [0, 0.1) is 6.92 Å². The van der Waals surface area contributed by atoms with Crippen LogP contribution in [0.4, 0.5) is 0 Å². The van der Waals surface area contributed by atoms with Gasteiger partial charge in [-0.1, -0.05) is 22.0 Å². The van der Waals surface area contributed by atoms with Crippen LogP contribution in [0.1, 0.15) is 16.1 Å². The first-order valence-corrected chi connectivity index (χ1v) is 5.27. The number of carbonyl (C=O) groups excluding carboxylic acids is 1. The Hall–Kier alpha value is -1.42. The molecular formula is C11H9BrN2O. The standard InChI is InChI=1S/C11H9BrN2O/c1-8-6-14(13-11(8)7-15)10-4-2-3-9(12)5-10/h2-7H,1H3. The van der Waals surface area contributed by atoms with E-state index >= 15 is 0 Å². The van der Waals surface area contributed by atoms with Crippen molar-refractivity contribution in [2.24, 2.45) is 0 Å². The lowest BCUT2D eigenvalue weighted by Crippen LogP contribution is -1.95. The lowest BCUT2D eigenvalue weighted by Gasteiger charge is -2.00. The summed E-state index contributed by atoms with van der Waals surface area (Å²) >= 11 is 3.39. The number of carbonyl (C=O) groups is 1. The highest BCUT2D eigenvalue weighted by atomic mass is 79.9. The van der Waals surface area contributed by atoms with E-state index in [4.69, 9.17) is 0 Å². The van der Waals surface area contributed by atoms with Crippen molar-refractivity contribution in [1.82, 2.24) is 9.78 Å². The zero-order valence-corrected chi connectivity index (χ0v) is 9.73. The van der Waals surface area contributed by atoms with E-state index in [1.165, 1.54) is 0 Å². The molecule has 2 rings (SSSR count). The van der Waals surface area contributed by atoms with Crippen molar-refractivity contribution in [3.8, 4) is 5.69 Å². The second-order valence-corrected chi connectivity index (χ2v) is 4.16. The van der Waals surface area contributed by atoms with Gasteiger partial charge in [-0.05, 0) is 30.7 Å². The fourth-order valence-corrected chi connectivity index (χ4v) is 1.73. The van der Waals surface area contributed by atoms with Crippen LogP contribution in [-0.4, -0.2) is 16.1 Å². The molecule has 1 aromatic carbocycles. The van der Waals surface area contributed by atoms with Gasteiger partial charge in [0, 0.05) is 10.7 Å². The van der Waals surface area contributed by atoms with Crippen LogP contribution in [0.15, 0.2) is 34.9 Å². The molecular weight excluding hydrogens is 256 g/mol. The van der Waals surface area contributed by atoms with Gasteiger partial charge in [0.25, 0.3) is 0 Å². The van der Waals surface area contributed by atoms with E-state index in [0.717, 1.165) is 22.0 Å². The Bertz CT molecular complexity index is 505. The van der Waals surface area contributed by atoms with Crippen molar-refractivity contribution in [3.05, 3.63) is 46.2 Å². The summed E-state index contributed by atoms with van der Waals surface area (Å²) in [7, 11) is 0. The number of aryl methyl sites for hydroxylation is 1. The van der Waals surface area contributed by atoms with E-state index in [1.807, 2.05) is 37.4 Å². The molecule has 0 atom stereocenters. The topological polar surface area (TPSA) is 34.9 Å². The molecule has 0 saturated heterocycles. The van der Waals surface area contributed by atoms with Gasteiger partial charge in [0.2, 0.25) is 0 Å². The van der Waals surface area contributed by atoms with Crippen LogP contribution in [-0.2, 0) is 0 Å². The number of nitrogens with zero attached hydrogens (tertiary/aromatic N) is 2. The van der Waals surface area contributed by atoms with Gasteiger partial charge >= 0.3 is 0 Å². The van der Waals surface area contributed by atoms with E-state index in [0.29, 0.717) is 5.69 Å². The summed E-state index contributed by atoms with van der Waals surface area (Å²) in [6, 6.07) is 7.75. The zero-order chi connectivity index (χ0) is 10.8. The second kappa shape index (κ2) is 3.98. The minimum atomic E-state index is 0.481. The number of halogens is 1. The van der Waals surface area contributed by atoms with E-state index in [1.54, 1.807) is 4.68 Å². The molecule has 15 heavy (non-hydrogen) atoms. The lowest BCUT2D eigenvalue weighted by molar-refractivity contribution is 0.111. The quantitative estimate of drug-likeness (QED) is 0.782. The molecule has 4 heteroatoms. The summed E-state index contributed by atoms with van der Waals surface area (Å²) in [6.07, 6.45) is 2.61. The molecule has 0 bridgehead atoms. The predicted octanol–water partition coefficient (Wildman–Crippen LogP) is 2.76. The summed E-state index contributed by atoms with van der Waals surface area (Å²) in [6.45, 7) is 1.87. The average molecular weight is 265 g/mol. The van der Waals surface area contributed by atoms with Crippen LogP contribution in [0.25, 0.3) is 5.69 Å². The molecule has 0 fully saturated rings. The maximum atomic E-state index is 10.7. The van der Waals surface area contributed by atoms with Crippen LogP contribution in [0.3, 0.4) is 0 Å². The molecule has 0 spiro atoms. The monoisotopic (exact) mass is 264 g/mol. The van der Waals surface area contributed by atoms with Crippen LogP contribution < -0.4 is 0 Å². The number of hydrogen-bond donors (Lipinski definition) is 0. The minimum Gasteiger partial charge on any atom is -0.296 e. The first-order valence-electron chi connectivity index (χ1n) is 4.48. The molecule has 0 N–H and O–H groups in total. The third kappa shape index (κ3) is 1.99. The van der Waals surface area contributed by atoms with Crippen molar-refractivity contribution in [2.45, 2.75) is 6.92 Å². The van der Waals surface area contributed by atoms with E-state index < -0.39 is 0 Å². The molecule has 0 amide bonds. The van der Waals surface area contributed by atoms with Gasteiger partial charge in [-0.2, -0.15) is 5.10 Å². The first-order chi connectivity index (χ1) is 7.20. The van der Waals surface area contributed by atoms with Crippen molar-refractivity contribution >= 4 is 22.2 Å². The summed E-state index contributed by atoms with van der Waals surface area (Å²) in [5, 5.41) is 4.17. The molecule has 0 unspecified atom stereocenters. The SMILES string of the molecule is Cc1cn(-c2cccc(Br)c2)nc1C=O. The van der Waals surface area contributed by atoms with Gasteiger partial charge in [0.1, 0.15) is 5.69 Å². The highest BCUT2D eigenvalue weighted by Gasteiger charge is 2.04. The normalized spacial score (nSPS) is 10.3. The molecule has 3 nitrogen and oxygen atoms in total. The molecule has 0 aliphatic carbocycles. The summed E-state index contributed by atoms with van der Waals surface area (Å²) < 4.78 is 2.69. The number of aromatic nitrogens is 2. The van der Waals surface area contributed by atoms with Gasteiger partial charge in [-0.15, -0.1) is 0 Å². The molecule has 0 aliphatic heterocycles. The predicted molar refractivity (Wildman–Crippen MR) is 61.4 cm³/mol. The Morgan fingerprint density at radius 3 is 2.87 bits per heavy atom. The number of benzene rings is 1. The summed E-state index contributed by atoms with van der Waals surface area (Å²) in [5.74, 6) is 0. The largest absolute Gasteiger partial charge is 0.296 e. The van der Waals surface area contributed by atoms with Crippen molar-refractivity contribution in [2.75, 3.05) is 0 Å².